The van der Waals surface area contributed by atoms with E-state index in [0.717, 1.165) is 28.9 Å². The van der Waals surface area contributed by atoms with Crippen molar-refractivity contribution in [2.75, 3.05) is 13.3 Å². The molecule has 1 saturated heterocycles. The van der Waals surface area contributed by atoms with E-state index < -0.39 is 0 Å². The largest absolute Gasteiger partial charge is 0.454 e. The van der Waals surface area contributed by atoms with Crippen molar-refractivity contribution in [2.24, 2.45) is 0 Å². The molecule has 1 fully saturated rings. The Morgan fingerprint density at radius 3 is 3.06 bits per heavy atom. The SMILES string of the molecule is Cc1c(Br)cc2c(c1CC1CCCCN1)OCO2. The van der Waals surface area contributed by atoms with Crippen molar-refractivity contribution in [3.63, 3.8) is 0 Å². The van der Waals surface area contributed by atoms with Gasteiger partial charge in [0.2, 0.25) is 6.79 Å². The third kappa shape index (κ3) is 2.24. The molecule has 4 heteroatoms. The van der Waals surface area contributed by atoms with E-state index in [1.54, 1.807) is 0 Å². The fourth-order valence-corrected chi connectivity index (χ4v) is 3.21. The highest BCUT2D eigenvalue weighted by atomic mass is 79.9. The summed E-state index contributed by atoms with van der Waals surface area (Å²) in [5.41, 5.74) is 2.56. The minimum atomic E-state index is 0.344. The third-order valence-corrected chi connectivity index (χ3v) is 4.67. The second-order valence-corrected chi connectivity index (χ2v) is 5.90. The lowest BCUT2D eigenvalue weighted by molar-refractivity contribution is 0.173. The van der Waals surface area contributed by atoms with Gasteiger partial charge in [-0.2, -0.15) is 0 Å². The summed E-state index contributed by atoms with van der Waals surface area (Å²) in [6.07, 6.45) is 4.90. The maximum atomic E-state index is 5.64. The summed E-state index contributed by atoms with van der Waals surface area (Å²) < 4.78 is 12.2. The first-order valence-corrected chi connectivity index (χ1v) is 7.36. The summed E-state index contributed by atoms with van der Waals surface area (Å²) in [6, 6.07) is 2.58. The van der Waals surface area contributed by atoms with E-state index in [1.165, 1.54) is 30.4 Å². The molecule has 98 valence electrons. The average molecular weight is 312 g/mol. The Morgan fingerprint density at radius 2 is 2.28 bits per heavy atom. The van der Waals surface area contributed by atoms with Gasteiger partial charge < -0.3 is 14.8 Å². The summed E-state index contributed by atoms with van der Waals surface area (Å²) in [4.78, 5) is 0. The number of piperidine rings is 1. The predicted octanol–water partition coefficient (Wildman–Crippen LogP) is 3.17. The van der Waals surface area contributed by atoms with Gasteiger partial charge in [-0.3, -0.25) is 0 Å². The highest BCUT2D eigenvalue weighted by Crippen LogP contribution is 2.41. The van der Waals surface area contributed by atoms with E-state index in [2.05, 4.69) is 28.2 Å². The lowest BCUT2D eigenvalue weighted by Gasteiger charge is -2.24. The number of hydrogen-bond donors (Lipinski definition) is 1. The molecule has 0 amide bonds. The van der Waals surface area contributed by atoms with E-state index in [4.69, 9.17) is 9.47 Å². The molecule has 0 saturated carbocycles. The van der Waals surface area contributed by atoms with Crippen LogP contribution >= 0.6 is 15.9 Å². The van der Waals surface area contributed by atoms with Gasteiger partial charge in [-0.15, -0.1) is 0 Å². The molecule has 2 aliphatic rings. The molecule has 3 rings (SSSR count). The second kappa shape index (κ2) is 5.10. The number of rotatable bonds is 2. The zero-order valence-electron chi connectivity index (χ0n) is 10.6. The molecular weight excluding hydrogens is 294 g/mol. The summed E-state index contributed by atoms with van der Waals surface area (Å²) in [6.45, 7) is 3.62. The van der Waals surface area contributed by atoms with Gasteiger partial charge in [0.25, 0.3) is 0 Å². The molecule has 1 aromatic rings. The fourth-order valence-electron chi connectivity index (χ4n) is 2.76. The zero-order chi connectivity index (χ0) is 12.5. The van der Waals surface area contributed by atoms with Crippen LogP contribution in [-0.2, 0) is 6.42 Å². The van der Waals surface area contributed by atoms with Crippen LogP contribution in [0.3, 0.4) is 0 Å². The third-order valence-electron chi connectivity index (χ3n) is 3.85. The van der Waals surface area contributed by atoms with Gasteiger partial charge >= 0.3 is 0 Å². The smallest absolute Gasteiger partial charge is 0.231 e. The Morgan fingerprint density at radius 1 is 1.39 bits per heavy atom. The van der Waals surface area contributed by atoms with E-state index in [0.29, 0.717) is 12.8 Å². The number of nitrogens with one attached hydrogen (secondary N) is 1. The van der Waals surface area contributed by atoms with Gasteiger partial charge in [-0.1, -0.05) is 22.4 Å². The molecule has 2 heterocycles. The Balaban J connectivity index is 1.90. The van der Waals surface area contributed by atoms with Crippen molar-refractivity contribution in [2.45, 2.75) is 38.6 Å². The Kier molecular flexibility index (Phi) is 3.48. The molecule has 1 atom stereocenters. The number of ether oxygens (including phenoxy) is 2. The van der Waals surface area contributed by atoms with E-state index in [-0.39, 0.29) is 0 Å². The molecule has 0 radical (unpaired) electrons. The molecule has 18 heavy (non-hydrogen) atoms. The molecular formula is C14H18BrNO2. The maximum absolute atomic E-state index is 5.64. The molecule has 1 aromatic carbocycles. The highest BCUT2D eigenvalue weighted by molar-refractivity contribution is 9.10. The summed E-state index contributed by atoms with van der Waals surface area (Å²) >= 11 is 3.61. The summed E-state index contributed by atoms with van der Waals surface area (Å²) in [7, 11) is 0. The van der Waals surface area contributed by atoms with Crippen molar-refractivity contribution >= 4 is 15.9 Å². The summed E-state index contributed by atoms with van der Waals surface area (Å²) in [5, 5.41) is 3.59. The van der Waals surface area contributed by atoms with Crippen LogP contribution in [0.5, 0.6) is 11.5 Å². The first-order valence-electron chi connectivity index (χ1n) is 6.56. The van der Waals surface area contributed by atoms with E-state index >= 15 is 0 Å². The quantitative estimate of drug-likeness (QED) is 0.910. The minimum absolute atomic E-state index is 0.344. The van der Waals surface area contributed by atoms with Crippen LogP contribution < -0.4 is 14.8 Å². The van der Waals surface area contributed by atoms with Crippen LogP contribution in [-0.4, -0.2) is 19.4 Å². The maximum Gasteiger partial charge on any atom is 0.231 e. The lowest BCUT2D eigenvalue weighted by atomic mass is 9.94. The Hall–Kier alpha value is -0.740. The van der Waals surface area contributed by atoms with Gasteiger partial charge in [0.05, 0.1) is 0 Å². The van der Waals surface area contributed by atoms with Crippen molar-refractivity contribution in [3.8, 4) is 11.5 Å². The average Bonchev–Trinajstić information content (AvgIpc) is 2.84. The molecule has 1 N–H and O–H groups in total. The van der Waals surface area contributed by atoms with Gasteiger partial charge in [0.15, 0.2) is 11.5 Å². The number of halogens is 1. The normalized spacial score (nSPS) is 22.2. The number of fused-ring (bicyclic) bond motifs is 1. The zero-order valence-corrected chi connectivity index (χ0v) is 12.2. The van der Waals surface area contributed by atoms with Gasteiger partial charge in [-0.05, 0) is 44.4 Å². The molecule has 0 aromatic heterocycles. The molecule has 0 spiro atoms. The molecule has 2 aliphatic heterocycles. The van der Waals surface area contributed by atoms with Crippen LogP contribution in [0.25, 0.3) is 0 Å². The molecule has 0 aliphatic carbocycles. The first-order chi connectivity index (χ1) is 8.75. The standard InChI is InChI=1S/C14H18BrNO2/c1-9-11(6-10-4-2-3-5-16-10)14-13(7-12(9)15)17-8-18-14/h7,10,16H,2-6,8H2,1H3. The van der Waals surface area contributed by atoms with Crippen molar-refractivity contribution in [3.05, 3.63) is 21.7 Å². The van der Waals surface area contributed by atoms with Crippen LogP contribution in [0.2, 0.25) is 0 Å². The van der Waals surface area contributed by atoms with Crippen LogP contribution in [0, 0.1) is 6.92 Å². The molecule has 1 unspecified atom stereocenters. The predicted molar refractivity (Wildman–Crippen MR) is 74.3 cm³/mol. The van der Waals surface area contributed by atoms with E-state index in [1.807, 2.05) is 6.07 Å². The first kappa shape index (κ1) is 12.3. The van der Waals surface area contributed by atoms with Crippen LogP contribution in [0.15, 0.2) is 10.5 Å². The van der Waals surface area contributed by atoms with Gasteiger partial charge in [0, 0.05) is 16.1 Å². The molecule has 3 nitrogen and oxygen atoms in total. The van der Waals surface area contributed by atoms with Crippen molar-refractivity contribution in [1.82, 2.24) is 5.32 Å². The Labute approximate surface area is 116 Å². The number of hydrogen-bond acceptors (Lipinski definition) is 3. The van der Waals surface area contributed by atoms with Crippen LogP contribution in [0.4, 0.5) is 0 Å². The fraction of sp³-hybridized carbons (Fsp3) is 0.571. The minimum Gasteiger partial charge on any atom is -0.454 e. The summed E-state index contributed by atoms with van der Waals surface area (Å²) in [5.74, 6) is 1.82. The highest BCUT2D eigenvalue weighted by Gasteiger charge is 2.24. The second-order valence-electron chi connectivity index (χ2n) is 5.05. The van der Waals surface area contributed by atoms with Gasteiger partial charge in [0.1, 0.15) is 0 Å². The van der Waals surface area contributed by atoms with E-state index in [9.17, 15) is 0 Å². The number of benzene rings is 1. The monoisotopic (exact) mass is 311 g/mol. The molecule has 0 bridgehead atoms. The van der Waals surface area contributed by atoms with Crippen molar-refractivity contribution < 1.29 is 9.47 Å². The van der Waals surface area contributed by atoms with Crippen molar-refractivity contribution in [1.29, 1.82) is 0 Å². The topological polar surface area (TPSA) is 30.5 Å². The van der Waals surface area contributed by atoms with Crippen LogP contribution in [0.1, 0.15) is 30.4 Å². The lowest BCUT2D eigenvalue weighted by Crippen LogP contribution is -2.35. The Bertz CT molecular complexity index is 456. The van der Waals surface area contributed by atoms with Gasteiger partial charge in [-0.25, -0.2) is 0 Å².